The van der Waals surface area contributed by atoms with Gasteiger partial charge < -0.3 is 10.1 Å². The van der Waals surface area contributed by atoms with E-state index in [1.165, 1.54) is 11.3 Å². The smallest absolute Gasteiger partial charge is 0.263 e. The quantitative estimate of drug-likeness (QED) is 0.944. The number of rotatable bonds is 4. The lowest BCUT2D eigenvalue weighted by Crippen LogP contribution is -2.31. The lowest BCUT2D eigenvalue weighted by Gasteiger charge is -2.09. The van der Waals surface area contributed by atoms with Crippen LogP contribution in [0.4, 0.5) is 0 Å². The largest absolute Gasteiger partial charge is 0.376 e. The molecule has 5 heteroatoms. The Morgan fingerprint density at radius 3 is 2.95 bits per heavy atom. The third-order valence-electron chi connectivity index (χ3n) is 3.54. The number of benzene rings is 1. The Hall–Kier alpha value is -1.72. The first-order valence-corrected chi connectivity index (χ1v) is 7.98. The van der Waals surface area contributed by atoms with E-state index < -0.39 is 0 Å². The molecule has 0 saturated carbocycles. The second-order valence-corrected chi connectivity index (χ2v) is 6.14. The van der Waals surface area contributed by atoms with Gasteiger partial charge in [-0.3, -0.25) is 4.79 Å². The maximum atomic E-state index is 12.3. The zero-order chi connectivity index (χ0) is 14.7. The van der Waals surface area contributed by atoms with Crippen molar-refractivity contribution in [3.63, 3.8) is 0 Å². The first-order chi connectivity index (χ1) is 10.2. The van der Waals surface area contributed by atoms with Crippen molar-refractivity contribution in [2.45, 2.75) is 25.9 Å². The minimum Gasteiger partial charge on any atom is -0.376 e. The summed E-state index contributed by atoms with van der Waals surface area (Å²) in [5.41, 5.74) is 1.83. The maximum absolute atomic E-state index is 12.3. The minimum absolute atomic E-state index is 0.0531. The van der Waals surface area contributed by atoms with Gasteiger partial charge in [0.25, 0.3) is 5.91 Å². The van der Waals surface area contributed by atoms with Crippen LogP contribution in [0.25, 0.3) is 10.6 Å². The molecule has 2 aromatic rings. The molecule has 21 heavy (non-hydrogen) atoms. The highest BCUT2D eigenvalue weighted by atomic mass is 32.1. The SMILES string of the molecule is Cc1nc(-c2ccccc2)sc1C(=O)NCC1CCCO1. The van der Waals surface area contributed by atoms with Gasteiger partial charge in [0.1, 0.15) is 9.88 Å². The summed E-state index contributed by atoms with van der Waals surface area (Å²) in [5.74, 6) is -0.0531. The van der Waals surface area contributed by atoms with Gasteiger partial charge in [-0.1, -0.05) is 30.3 Å². The first kappa shape index (κ1) is 14.2. The predicted molar refractivity (Wildman–Crippen MR) is 83.6 cm³/mol. The number of hydrogen-bond donors (Lipinski definition) is 1. The lowest BCUT2D eigenvalue weighted by atomic mass is 10.2. The summed E-state index contributed by atoms with van der Waals surface area (Å²) in [6.45, 7) is 3.26. The van der Waals surface area contributed by atoms with Crippen molar-refractivity contribution in [2.24, 2.45) is 0 Å². The molecule has 1 N–H and O–H groups in total. The van der Waals surface area contributed by atoms with E-state index in [0.29, 0.717) is 11.4 Å². The molecule has 2 heterocycles. The van der Waals surface area contributed by atoms with Crippen LogP contribution in [-0.4, -0.2) is 30.1 Å². The Morgan fingerprint density at radius 1 is 1.43 bits per heavy atom. The first-order valence-electron chi connectivity index (χ1n) is 7.16. The van der Waals surface area contributed by atoms with Gasteiger partial charge in [-0.05, 0) is 19.8 Å². The van der Waals surface area contributed by atoms with Gasteiger partial charge in [0.15, 0.2) is 0 Å². The zero-order valence-corrected chi connectivity index (χ0v) is 12.8. The van der Waals surface area contributed by atoms with Gasteiger partial charge in [0, 0.05) is 18.7 Å². The Labute approximate surface area is 128 Å². The third-order valence-corrected chi connectivity index (χ3v) is 4.74. The number of aryl methyl sites for hydroxylation is 1. The number of hydrogen-bond acceptors (Lipinski definition) is 4. The van der Waals surface area contributed by atoms with Crippen molar-refractivity contribution in [1.29, 1.82) is 0 Å². The van der Waals surface area contributed by atoms with Crippen molar-refractivity contribution in [1.82, 2.24) is 10.3 Å². The molecule has 1 aliphatic heterocycles. The summed E-state index contributed by atoms with van der Waals surface area (Å²) in [6, 6.07) is 9.93. The highest BCUT2D eigenvalue weighted by molar-refractivity contribution is 7.17. The van der Waals surface area contributed by atoms with Crippen LogP contribution in [0.3, 0.4) is 0 Å². The average Bonchev–Trinajstić information content (AvgIpc) is 3.15. The monoisotopic (exact) mass is 302 g/mol. The number of ether oxygens (including phenoxy) is 1. The topological polar surface area (TPSA) is 51.2 Å². The Balaban J connectivity index is 1.70. The van der Waals surface area contributed by atoms with E-state index in [0.717, 1.165) is 35.7 Å². The fraction of sp³-hybridized carbons (Fsp3) is 0.375. The molecular weight excluding hydrogens is 284 g/mol. The van der Waals surface area contributed by atoms with E-state index >= 15 is 0 Å². The van der Waals surface area contributed by atoms with E-state index in [4.69, 9.17) is 4.74 Å². The van der Waals surface area contributed by atoms with Crippen molar-refractivity contribution < 1.29 is 9.53 Å². The molecule has 0 spiro atoms. The molecule has 1 saturated heterocycles. The standard InChI is InChI=1S/C16H18N2O2S/c1-11-14(15(19)17-10-13-8-5-9-20-13)21-16(18-11)12-6-3-2-4-7-12/h2-4,6-7,13H,5,8-10H2,1H3,(H,17,19). The molecule has 1 aliphatic rings. The van der Waals surface area contributed by atoms with E-state index in [-0.39, 0.29) is 12.0 Å². The van der Waals surface area contributed by atoms with Crippen molar-refractivity contribution in [2.75, 3.05) is 13.2 Å². The predicted octanol–water partition coefficient (Wildman–Crippen LogP) is 3.03. The Morgan fingerprint density at radius 2 is 2.24 bits per heavy atom. The van der Waals surface area contributed by atoms with Gasteiger partial charge in [0.2, 0.25) is 0 Å². The molecule has 1 aromatic heterocycles. The van der Waals surface area contributed by atoms with Crippen molar-refractivity contribution in [3.05, 3.63) is 40.9 Å². The highest BCUT2D eigenvalue weighted by Crippen LogP contribution is 2.27. The molecule has 0 bridgehead atoms. The second kappa shape index (κ2) is 6.37. The molecule has 3 rings (SSSR count). The summed E-state index contributed by atoms with van der Waals surface area (Å²) >= 11 is 1.44. The number of carbonyl (C=O) groups is 1. The molecule has 1 amide bonds. The van der Waals surface area contributed by atoms with Crippen LogP contribution in [0.1, 0.15) is 28.2 Å². The summed E-state index contributed by atoms with van der Waals surface area (Å²) in [5, 5.41) is 3.84. The van der Waals surface area contributed by atoms with Crippen LogP contribution in [0.15, 0.2) is 30.3 Å². The summed E-state index contributed by atoms with van der Waals surface area (Å²) < 4.78 is 5.52. The fourth-order valence-corrected chi connectivity index (χ4v) is 3.39. The zero-order valence-electron chi connectivity index (χ0n) is 12.0. The number of thiazole rings is 1. The van der Waals surface area contributed by atoms with Crippen LogP contribution in [-0.2, 0) is 4.74 Å². The summed E-state index contributed by atoms with van der Waals surface area (Å²) in [4.78, 5) is 17.5. The lowest BCUT2D eigenvalue weighted by molar-refractivity contribution is 0.0860. The van der Waals surface area contributed by atoms with Gasteiger partial charge in [-0.2, -0.15) is 0 Å². The number of carbonyl (C=O) groups excluding carboxylic acids is 1. The molecule has 0 aliphatic carbocycles. The molecule has 0 radical (unpaired) electrons. The fourth-order valence-electron chi connectivity index (χ4n) is 2.40. The number of aromatic nitrogens is 1. The van der Waals surface area contributed by atoms with Crippen LogP contribution in [0.2, 0.25) is 0 Å². The summed E-state index contributed by atoms with van der Waals surface area (Å²) in [6.07, 6.45) is 2.27. The number of nitrogens with zero attached hydrogens (tertiary/aromatic N) is 1. The van der Waals surface area contributed by atoms with E-state index in [1.54, 1.807) is 0 Å². The maximum Gasteiger partial charge on any atom is 0.263 e. The average molecular weight is 302 g/mol. The van der Waals surface area contributed by atoms with E-state index in [1.807, 2.05) is 37.3 Å². The Bertz CT molecular complexity index is 618. The highest BCUT2D eigenvalue weighted by Gasteiger charge is 2.19. The number of amides is 1. The molecular formula is C16H18N2O2S. The molecule has 4 nitrogen and oxygen atoms in total. The molecule has 110 valence electrons. The van der Waals surface area contributed by atoms with Gasteiger partial charge in [-0.25, -0.2) is 4.98 Å². The minimum atomic E-state index is -0.0531. The van der Waals surface area contributed by atoms with Crippen LogP contribution >= 0.6 is 11.3 Å². The van der Waals surface area contributed by atoms with Gasteiger partial charge in [0.05, 0.1) is 11.8 Å². The van der Waals surface area contributed by atoms with Gasteiger partial charge >= 0.3 is 0 Å². The van der Waals surface area contributed by atoms with Crippen molar-refractivity contribution in [3.8, 4) is 10.6 Å². The Kier molecular flexibility index (Phi) is 4.31. The number of nitrogens with one attached hydrogen (secondary N) is 1. The molecule has 1 unspecified atom stereocenters. The van der Waals surface area contributed by atoms with Gasteiger partial charge in [-0.15, -0.1) is 11.3 Å². The van der Waals surface area contributed by atoms with Crippen molar-refractivity contribution >= 4 is 17.2 Å². The van der Waals surface area contributed by atoms with Crippen LogP contribution in [0.5, 0.6) is 0 Å². The summed E-state index contributed by atoms with van der Waals surface area (Å²) in [7, 11) is 0. The van der Waals surface area contributed by atoms with E-state index in [9.17, 15) is 4.79 Å². The van der Waals surface area contributed by atoms with Crippen LogP contribution < -0.4 is 5.32 Å². The third kappa shape index (κ3) is 3.31. The second-order valence-electron chi connectivity index (χ2n) is 5.14. The van der Waals surface area contributed by atoms with E-state index in [2.05, 4.69) is 10.3 Å². The molecule has 1 atom stereocenters. The van der Waals surface area contributed by atoms with Crippen LogP contribution in [0, 0.1) is 6.92 Å². The normalized spacial score (nSPS) is 17.9. The molecule has 1 aromatic carbocycles. The molecule has 1 fully saturated rings.